The number of hydrogen-bond donors (Lipinski definition) is 1. The Hall–Kier alpha value is -0.610. The van der Waals surface area contributed by atoms with Gasteiger partial charge in [-0.1, -0.05) is 12.8 Å². The van der Waals surface area contributed by atoms with Crippen molar-refractivity contribution in [3.63, 3.8) is 0 Å². The summed E-state index contributed by atoms with van der Waals surface area (Å²) in [5.74, 6) is 0. The third-order valence-electron chi connectivity index (χ3n) is 4.28. The zero-order valence-electron chi connectivity index (χ0n) is 11.4. The van der Waals surface area contributed by atoms with E-state index in [0.717, 1.165) is 11.1 Å². The van der Waals surface area contributed by atoms with Gasteiger partial charge in [0, 0.05) is 25.7 Å². The first-order valence-corrected chi connectivity index (χ1v) is 8.26. The van der Waals surface area contributed by atoms with Crippen molar-refractivity contribution in [3.05, 3.63) is 22.4 Å². The summed E-state index contributed by atoms with van der Waals surface area (Å²) >= 11 is 3.50. The number of halogens is 1. The number of anilines is 1. The van der Waals surface area contributed by atoms with Gasteiger partial charge in [-0.05, 0) is 53.7 Å². The van der Waals surface area contributed by atoms with Gasteiger partial charge in [0.1, 0.15) is 4.60 Å². The van der Waals surface area contributed by atoms with E-state index < -0.39 is 0 Å². The molecular weight excluding hydrogens is 302 g/mol. The van der Waals surface area contributed by atoms with Gasteiger partial charge in [-0.2, -0.15) is 0 Å². The van der Waals surface area contributed by atoms with Gasteiger partial charge in [0.15, 0.2) is 0 Å². The molecule has 104 valence electrons. The predicted octanol–water partition coefficient (Wildman–Crippen LogP) is 3.48. The van der Waals surface area contributed by atoms with Crippen molar-refractivity contribution in [1.82, 2.24) is 10.3 Å². The highest BCUT2D eigenvalue weighted by atomic mass is 79.9. The monoisotopic (exact) mass is 323 g/mol. The molecule has 2 fully saturated rings. The zero-order valence-corrected chi connectivity index (χ0v) is 13.0. The van der Waals surface area contributed by atoms with E-state index in [2.05, 4.69) is 38.3 Å². The Labute approximate surface area is 123 Å². The van der Waals surface area contributed by atoms with E-state index in [-0.39, 0.29) is 0 Å². The van der Waals surface area contributed by atoms with Gasteiger partial charge in [-0.3, -0.25) is 0 Å². The summed E-state index contributed by atoms with van der Waals surface area (Å²) in [6.45, 7) is 3.26. The second-order valence-corrected chi connectivity index (χ2v) is 6.47. The molecule has 2 aliphatic rings. The van der Waals surface area contributed by atoms with Crippen LogP contribution in [0, 0.1) is 0 Å². The molecule has 3 nitrogen and oxygen atoms in total. The lowest BCUT2D eigenvalue weighted by atomic mass is 10.2. The van der Waals surface area contributed by atoms with Crippen LogP contribution in [0.15, 0.2) is 16.7 Å². The van der Waals surface area contributed by atoms with Gasteiger partial charge in [0.25, 0.3) is 0 Å². The topological polar surface area (TPSA) is 28.2 Å². The van der Waals surface area contributed by atoms with Gasteiger partial charge < -0.3 is 10.2 Å². The highest BCUT2D eigenvalue weighted by molar-refractivity contribution is 9.10. The maximum absolute atomic E-state index is 4.69. The van der Waals surface area contributed by atoms with Crippen LogP contribution in [0.25, 0.3) is 0 Å². The molecule has 0 aromatic carbocycles. The average Bonchev–Trinajstić information content (AvgIpc) is 3.10. The number of hydrogen-bond acceptors (Lipinski definition) is 3. The van der Waals surface area contributed by atoms with Crippen LogP contribution in [0.5, 0.6) is 0 Å². The second-order valence-electron chi connectivity index (χ2n) is 5.66. The van der Waals surface area contributed by atoms with E-state index in [1.807, 2.05) is 0 Å². The number of aromatic nitrogens is 1. The molecule has 1 saturated heterocycles. The van der Waals surface area contributed by atoms with Gasteiger partial charge in [0.2, 0.25) is 0 Å². The van der Waals surface area contributed by atoms with Crippen LogP contribution in [0.2, 0.25) is 0 Å². The van der Waals surface area contributed by atoms with Crippen LogP contribution in [-0.2, 0) is 6.54 Å². The maximum atomic E-state index is 4.69. The summed E-state index contributed by atoms with van der Waals surface area (Å²) in [6.07, 6.45) is 8.03. The van der Waals surface area contributed by atoms with Gasteiger partial charge in [-0.25, -0.2) is 4.98 Å². The van der Waals surface area contributed by atoms with Crippen molar-refractivity contribution >= 4 is 21.6 Å². The highest BCUT2D eigenvalue weighted by Gasteiger charge is 2.19. The third-order valence-corrected chi connectivity index (χ3v) is 4.72. The SMILES string of the molecule is Brc1ccc(N2CCCC2)c(CNC2CCCC2)n1. The fraction of sp³-hybridized carbons (Fsp3) is 0.667. The molecule has 0 unspecified atom stereocenters. The summed E-state index contributed by atoms with van der Waals surface area (Å²) in [6, 6.07) is 4.98. The van der Waals surface area contributed by atoms with Crippen molar-refractivity contribution in [1.29, 1.82) is 0 Å². The molecule has 1 aliphatic carbocycles. The van der Waals surface area contributed by atoms with Crippen molar-refractivity contribution in [2.45, 2.75) is 51.1 Å². The van der Waals surface area contributed by atoms with E-state index in [0.29, 0.717) is 6.04 Å². The van der Waals surface area contributed by atoms with E-state index in [1.165, 1.54) is 63.0 Å². The molecule has 1 aromatic heterocycles. The summed E-state index contributed by atoms with van der Waals surface area (Å²) in [5, 5.41) is 3.68. The Morgan fingerprint density at radius 1 is 1.16 bits per heavy atom. The molecule has 0 atom stereocenters. The molecule has 3 rings (SSSR count). The van der Waals surface area contributed by atoms with Crippen LogP contribution >= 0.6 is 15.9 Å². The minimum atomic E-state index is 0.701. The summed E-state index contributed by atoms with van der Waals surface area (Å²) < 4.78 is 0.943. The van der Waals surface area contributed by atoms with Gasteiger partial charge in [-0.15, -0.1) is 0 Å². The lowest BCUT2D eigenvalue weighted by Crippen LogP contribution is -2.28. The minimum absolute atomic E-state index is 0.701. The standard InChI is InChI=1S/C15H22BrN3/c16-15-8-7-14(19-9-3-4-10-19)13(18-15)11-17-12-5-1-2-6-12/h7-8,12,17H,1-6,9-11H2. The summed E-state index contributed by atoms with van der Waals surface area (Å²) in [4.78, 5) is 7.17. The first-order chi connectivity index (χ1) is 9.33. The Kier molecular flexibility index (Phi) is 4.38. The van der Waals surface area contributed by atoms with Crippen LogP contribution in [0.3, 0.4) is 0 Å². The molecule has 2 heterocycles. The largest absolute Gasteiger partial charge is 0.370 e. The second kappa shape index (κ2) is 6.23. The van der Waals surface area contributed by atoms with Crippen molar-refractivity contribution in [2.75, 3.05) is 18.0 Å². The first-order valence-electron chi connectivity index (χ1n) is 7.47. The quantitative estimate of drug-likeness (QED) is 0.860. The molecule has 0 amide bonds. The first kappa shape index (κ1) is 13.4. The molecule has 1 aliphatic heterocycles. The molecule has 4 heteroatoms. The van der Waals surface area contributed by atoms with E-state index >= 15 is 0 Å². The number of rotatable bonds is 4. The van der Waals surface area contributed by atoms with Gasteiger partial charge >= 0.3 is 0 Å². The lowest BCUT2D eigenvalue weighted by Gasteiger charge is -2.22. The van der Waals surface area contributed by atoms with Crippen LogP contribution in [0.1, 0.15) is 44.2 Å². The van der Waals surface area contributed by atoms with Crippen molar-refractivity contribution < 1.29 is 0 Å². The van der Waals surface area contributed by atoms with E-state index in [1.54, 1.807) is 0 Å². The molecule has 0 bridgehead atoms. The number of pyridine rings is 1. The molecule has 1 saturated carbocycles. The Morgan fingerprint density at radius 2 is 1.89 bits per heavy atom. The molecule has 0 radical (unpaired) electrons. The fourth-order valence-electron chi connectivity index (χ4n) is 3.21. The summed E-state index contributed by atoms with van der Waals surface area (Å²) in [5.41, 5.74) is 2.52. The fourth-order valence-corrected chi connectivity index (χ4v) is 3.56. The molecule has 0 spiro atoms. The smallest absolute Gasteiger partial charge is 0.106 e. The Morgan fingerprint density at radius 3 is 2.63 bits per heavy atom. The molecular formula is C15H22BrN3. The molecule has 1 aromatic rings. The Bertz CT molecular complexity index is 423. The number of nitrogens with zero attached hydrogens (tertiary/aromatic N) is 2. The highest BCUT2D eigenvalue weighted by Crippen LogP contribution is 2.26. The zero-order chi connectivity index (χ0) is 13.1. The van der Waals surface area contributed by atoms with Crippen LogP contribution < -0.4 is 10.2 Å². The lowest BCUT2D eigenvalue weighted by molar-refractivity contribution is 0.519. The van der Waals surface area contributed by atoms with Crippen LogP contribution in [0.4, 0.5) is 5.69 Å². The minimum Gasteiger partial charge on any atom is -0.370 e. The number of nitrogens with one attached hydrogen (secondary N) is 1. The van der Waals surface area contributed by atoms with Crippen molar-refractivity contribution in [3.8, 4) is 0 Å². The Balaban J connectivity index is 1.71. The molecule has 19 heavy (non-hydrogen) atoms. The van der Waals surface area contributed by atoms with Gasteiger partial charge in [0.05, 0.1) is 11.4 Å². The van der Waals surface area contributed by atoms with E-state index in [9.17, 15) is 0 Å². The maximum Gasteiger partial charge on any atom is 0.106 e. The molecule has 1 N–H and O–H groups in total. The average molecular weight is 324 g/mol. The predicted molar refractivity (Wildman–Crippen MR) is 82.5 cm³/mol. The van der Waals surface area contributed by atoms with Crippen LogP contribution in [-0.4, -0.2) is 24.1 Å². The van der Waals surface area contributed by atoms with E-state index in [4.69, 9.17) is 4.98 Å². The van der Waals surface area contributed by atoms with Crippen molar-refractivity contribution in [2.24, 2.45) is 0 Å². The third kappa shape index (κ3) is 3.29. The summed E-state index contributed by atoms with van der Waals surface area (Å²) in [7, 11) is 0. The normalized spacial score (nSPS) is 20.4.